The molecule has 0 atom stereocenters. The number of hydrogen-bond donors (Lipinski definition) is 1. The number of nitrogens with one attached hydrogen (secondary N) is 1. The van der Waals surface area contributed by atoms with Crippen LogP contribution >= 0.6 is 0 Å². The van der Waals surface area contributed by atoms with Gasteiger partial charge < -0.3 is 4.74 Å². The second-order valence-electron chi connectivity index (χ2n) is 1.88. The van der Waals surface area contributed by atoms with Crippen LogP contribution in [0.4, 0.5) is 0 Å². The molecule has 0 fully saturated rings. The number of carbonyl (C=O) groups excluding carboxylic acids is 1. The van der Waals surface area contributed by atoms with Gasteiger partial charge in [-0.2, -0.15) is 0 Å². The Kier molecular flexibility index (Phi) is 4.88. The zero-order chi connectivity index (χ0) is 7.98. The molecule has 0 saturated carbocycles. The number of ether oxygens (including phenoxy) is 1. The molecular formula is C6H14N2O2. The number of nitrogens with zero attached hydrogens (tertiary/aromatic N) is 1. The molecule has 0 unspecified atom stereocenters. The SMILES string of the molecule is CCOC(=O)CN(C)NC. The molecule has 60 valence electrons. The van der Waals surface area contributed by atoms with Gasteiger partial charge in [-0.3, -0.25) is 10.2 Å². The quantitative estimate of drug-likeness (QED) is 0.433. The minimum absolute atomic E-state index is 0.209. The predicted molar refractivity (Wildman–Crippen MR) is 38.3 cm³/mol. The maximum atomic E-state index is 10.7. The van der Waals surface area contributed by atoms with Crippen LogP contribution in [0.5, 0.6) is 0 Å². The number of carbonyl (C=O) groups is 1. The third-order valence-electron chi connectivity index (χ3n) is 1.05. The molecule has 0 rings (SSSR count). The summed E-state index contributed by atoms with van der Waals surface area (Å²) in [5.41, 5.74) is 2.79. The summed E-state index contributed by atoms with van der Waals surface area (Å²) < 4.78 is 4.69. The van der Waals surface area contributed by atoms with Crippen LogP contribution in [0.1, 0.15) is 6.92 Å². The molecule has 0 saturated heterocycles. The Balaban J connectivity index is 3.37. The van der Waals surface area contributed by atoms with Crippen molar-refractivity contribution in [3.05, 3.63) is 0 Å². The van der Waals surface area contributed by atoms with Gasteiger partial charge in [-0.05, 0) is 14.0 Å². The average Bonchev–Trinajstić information content (AvgIpc) is 1.88. The molecular weight excluding hydrogens is 132 g/mol. The summed E-state index contributed by atoms with van der Waals surface area (Å²) in [4.78, 5) is 10.7. The third kappa shape index (κ3) is 4.29. The van der Waals surface area contributed by atoms with E-state index in [2.05, 4.69) is 5.43 Å². The Bertz CT molecular complexity index is 106. The highest BCUT2D eigenvalue weighted by Crippen LogP contribution is 1.79. The standard InChI is InChI=1S/C6H14N2O2/c1-4-10-6(9)5-8(3)7-2/h7H,4-5H2,1-3H3. The number of hydrazine groups is 1. The Hall–Kier alpha value is -0.610. The largest absolute Gasteiger partial charge is 0.465 e. The molecule has 0 radical (unpaired) electrons. The first-order valence-electron chi connectivity index (χ1n) is 3.24. The third-order valence-corrected chi connectivity index (χ3v) is 1.05. The van der Waals surface area contributed by atoms with Crippen LogP contribution in [-0.2, 0) is 9.53 Å². The van der Waals surface area contributed by atoms with E-state index in [4.69, 9.17) is 4.74 Å². The van der Waals surface area contributed by atoms with Crippen LogP contribution < -0.4 is 5.43 Å². The molecule has 0 bridgehead atoms. The van der Waals surface area contributed by atoms with Gasteiger partial charge in [0.15, 0.2) is 0 Å². The maximum absolute atomic E-state index is 10.7. The fourth-order valence-corrected chi connectivity index (χ4v) is 0.479. The number of likely N-dealkylation sites (N-methyl/N-ethyl adjacent to an activating group) is 1. The number of rotatable bonds is 4. The molecule has 0 aliphatic carbocycles. The Morgan fingerprint density at radius 3 is 2.70 bits per heavy atom. The summed E-state index contributed by atoms with van der Waals surface area (Å²) in [7, 11) is 3.52. The van der Waals surface area contributed by atoms with E-state index in [9.17, 15) is 4.79 Å². The number of esters is 1. The molecule has 10 heavy (non-hydrogen) atoms. The highest BCUT2D eigenvalue weighted by atomic mass is 16.5. The normalized spacial score (nSPS) is 10.0. The summed E-state index contributed by atoms with van der Waals surface area (Å²) in [6.45, 7) is 2.51. The molecule has 1 N–H and O–H groups in total. The summed E-state index contributed by atoms with van der Waals surface area (Å²) in [6.07, 6.45) is 0. The molecule has 4 heteroatoms. The zero-order valence-electron chi connectivity index (χ0n) is 6.68. The van der Waals surface area contributed by atoms with Gasteiger partial charge in [0.25, 0.3) is 0 Å². The van der Waals surface area contributed by atoms with Crippen molar-refractivity contribution < 1.29 is 9.53 Å². The minimum atomic E-state index is -0.209. The van der Waals surface area contributed by atoms with E-state index < -0.39 is 0 Å². The monoisotopic (exact) mass is 146 g/mol. The zero-order valence-corrected chi connectivity index (χ0v) is 6.68. The van der Waals surface area contributed by atoms with Crippen molar-refractivity contribution in [2.75, 3.05) is 27.2 Å². The maximum Gasteiger partial charge on any atom is 0.321 e. The Labute approximate surface area is 61.1 Å². The van der Waals surface area contributed by atoms with Crippen molar-refractivity contribution in [1.29, 1.82) is 0 Å². The van der Waals surface area contributed by atoms with Gasteiger partial charge in [0.1, 0.15) is 6.54 Å². The van der Waals surface area contributed by atoms with Crippen molar-refractivity contribution in [2.24, 2.45) is 0 Å². The lowest BCUT2D eigenvalue weighted by molar-refractivity contribution is -0.144. The average molecular weight is 146 g/mol. The van der Waals surface area contributed by atoms with E-state index in [1.54, 1.807) is 26.0 Å². The van der Waals surface area contributed by atoms with Gasteiger partial charge in [0, 0.05) is 7.05 Å². The summed E-state index contributed by atoms with van der Waals surface area (Å²) in [5.74, 6) is -0.209. The highest BCUT2D eigenvalue weighted by Gasteiger charge is 2.03. The van der Waals surface area contributed by atoms with Crippen LogP contribution in [0.15, 0.2) is 0 Å². The Morgan fingerprint density at radius 2 is 2.30 bits per heavy atom. The molecule has 0 aromatic rings. The van der Waals surface area contributed by atoms with Crippen LogP contribution in [0.3, 0.4) is 0 Å². The van der Waals surface area contributed by atoms with E-state index in [1.807, 2.05) is 0 Å². The van der Waals surface area contributed by atoms with Crippen LogP contribution in [0.25, 0.3) is 0 Å². The van der Waals surface area contributed by atoms with E-state index in [0.717, 1.165) is 0 Å². The van der Waals surface area contributed by atoms with Crippen molar-refractivity contribution in [3.63, 3.8) is 0 Å². The van der Waals surface area contributed by atoms with Crippen LogP contribution in [0.2, 0.25) is 0 Å². The molecule has 0 aromatic heterocycles. The molecule has 0 aliphatic rings. The molecule has 0 amide bonds. The summed E-state index contributed by atoms with van der Waals surface area (Å²) in [6, 6.07) is 0. The fraction of sp³-hybridized carbons (Fsp3) is 0.833. The smallest absolute Gasteiger partial charge is 0.321 e. The molecule has 0 spiro atoms. The van der Waals surface area contributed by atoms with Gasteiger partial charge in [0.05, 0.1) is 6.61 Å². The summed E-state index contributed by atoms with van der Waals surface area (Å²) in [5, 5.41) is 1.65. The summed E-state index contributed by atoms with van der Waals surface area (Å²) >= 11 is 0. The topological polar surface area (TPSA) is 41.6 Å². The molecule has 0 heterocycles. The fourth-order valence-electron chi connectivity index (χ4n) is 0.479. The first-order chi connectivity index (χ1) is 4.70. The van der Waals surface area contributed by atoms with Gasteiger partial charge in [-0.1, -0.05) is 0 Å². The van der Waals surface area contributed by atoms with Gasteiger partial charge in [-0.25, -0.2) is 5.01 Å². The van der Waals surface area contributed by atoms with Crippen molar-refractivity contribution >= 4 is 5.97 Å². The van der Waals surface area contributed by atoms with E-state index in [0.29, 0.717) is 6.61 Å². The second kappa shape index (κ2) is 5.20. The van der Waals surface area contributed by atoms with E-state index in [1.165, 1.54) is 0 Å². The van der Waals surface area contributed by atoms with Crippen LogP contribution in [-0.4, -0.2) is 38.2 Å². The lowest BCUT2D eigenvalue weighted by Gasteiger charge is -2.12. The molecule has 4 nitrogen and oxygen atoms in total. The first kappa shape index (κ1) is 9.39. The van der Waals surface area contributed by atoms with Crippen molar-refractivity contribution in [1.82, 2.24) is 10.4 Å². The van der Waals surface area contributed by atoms with Crippen LogP contribution in [0, 0.1) is 0 Å². The lowest BCUT2D eigenvalue weighted by Crippen LogP contribution is -2.36. The van der Waals surface area contributed by atoms with Crippen molar-refractivity contribution in [3.8, 4) is 0 Å². The first-order valence-corrected chi connectivity index (χ1v) is 3.24. The van der Waals surface area contributed by atoms with Gasteiger partial charge in [0.2, 0.25) is 0 Å². The predicted octanol–water partition coefficient (Wildman–Crippen LogP) is -0.384. The van der Waals surface area contributed by atoms with Crippen molar-refractivity contribution in [2.45, 2.75) is 6.92 Å². The molecule has 0 aromatic carbocycles. The molecule has 0 aliphatic heterocycles. The lowest BCUT2D eigenvalue weighted by atomic mass is 10.6. The number of hydrogen-bond acceptors (Lipinski definition) is 4. The Morgan fingerprint density at radius 1 is 1.70 bits per heavy atom. The van der Waals surface area contributed by atoms with Gasteiger partial charge >= 0.3 is 5.97 Å². The minimum Gasteiger partial charge on any atom is -0.465 e. The van der Waals surface area contributed by atoms with E-state index >= 15 is 0 Å². The van der Waals surface area contributed by atoms with Gasteiger partial charge in [-0.15, -0.1) is 0 Å². The second-order valence-corrected chi connectivity index (χ2v) is 1.88. The van der Waals surface area contributed by atoms with E-state index in [-0.39, 0.29) is 12.5 Å². The highest BCUT2D eigenvalue weighted by molar-refractivity contribution is 5.71.